The molecule has 0 spiro atoms. The van der Waals surface area contributed by atoms with Crippen molar-refractivity contribution in [3.8, 4) is 10.4 Å². The minimum absolute atomic E-state index is 0.169. The summed E-state index contributed by atoms with van der Waals surface area (Å²) in [5, 5.41) is 10.3. The first-order chi connectivity index (χ1) is 9.75. The smallest absolute Gasteiger partial charge is 0.356 e. The molecule has 2 aromatic rings. The Bertz CT molecular complexity index is 603. The van der Waals surface area contributed by atoms with E-state index in [9.17, 15) is 9.90 Å². The van der Waals surface area contributed by atoms with Crippen LogP contribution in [-0.4, -0.2) is 29.3 Å². The highest BCUT2D eigenvalue weighted by atomic mass is 32.1. The van der Waals surface area contributed by atoms with Crippen molar-refractivity contribution >= 4 is 17.3 Å². The fraction of sp³-hybridized carbons (Fsp3) is 0.333. The number of thiazole rings is 1. The maximum atomic E-state index is 11.4. The van der Waals surface area contributed by atoms with E-state index in [-0.39, 0.29) is 5.69 Å². The molecule has 1 aliphatic rings. The average Bonchev–Trinajstić information content (AvgIpc) is 2.94. The first-order valence-electron chi connectivity index (χ1n) is 6.63. The number of hydrogen-bond acceptors (Lipinski definition) is 4. The number of rotatable bonds is 3. The zero-order valence-electron chi connectivity index (χ0n) is 10.9. The molecule has 4 nitrogen and oxygen atoms in total. The van der Waals surface area contributed by atoms with Crippen molar-refractivity contribution in [2.75, 3.05) is 13.2 Å². The van der Waals surface area contributed by atoms with Crippen LogP contribution in [0.1, 0.15) is 34.3 Å². The molecule has 0 amide bonds. The lowest BCUT2D eigenvalue weighted by Gasteiger charge is -2.19. The summed E-state index contributed by atoms with van der Waals surface area (Å²) in [6.45, 7) is 1.46. The molecule has 0 aliphatic carbocycles. The highest BCUT2D eigenvalue weighted by molar-refractivity contribution is 7.15. The topological polar surface area (TPSA) is 59.4 Å². The Morgan fingerprint density at radius 3 is 2.60 bits per heavy atom. The van der Waals surface area contributed by atoms with Gasteiger partial charge in [-0.25, -0.2) is 9.78 Å². The van der Waals surface area contributed by atoms with Crippen molar-refractivity contribution < 1.29 is 14.6 Å². The standard InChI is InChI=1S/C15H15NO3S/c17-15(18)12-13(10-4-2-1-3-5-10)20-14(16-12)11-6-8-19-9-7-11/h1-5,11H,6-9H2,(H,17,18). The third kappa shape index (κ3) is 2.59. The van der Waals surface area contributed by atoms with E-state index in [4.69, 9.17) is 4.74 Å². The number of carboxylic acids is 1. The molecule has 2 heterocycles. The van der Waals surface area contributed by atoms with Crippen molar-refractivity contribution in [1.82, 2.24) is 4.98 Å². The summed E-state index contributed by atoms with van der Waals surface area (Å²) in [6, 6.07) is 9.59. The van der Waals surface area contributed by atoms with Gasteiger partial charge in [-0.15, -0.1) is 11.3 Å². The van der Waals surface area contributed by atoms with Crippen LogP contribution in [0.4, 0.5) is 0 Å². The summed E-state index contributed by atoms with van der Waals surface area (Å²) in [5.41, 5.74) is 1.09. The number of carbonyl (C=O) groups is 1. The first-order valence-corrected chi connectivity index (χ1v) is 7.44. The molecule has 1 aliphatic heterocycles. The Morgan fingerprint density at radius 1 is 1.25 bits per heavy atom. The van der Waals surface area contributed by atoms with Crippen LogP contribution < -0.4 is 0 Å². The van der Waals surface area contributed by atoms with E-state index in [0.717, 1.165) is 41.5 Å². The molecule has 3 rings (SSSR count). The average molecular weight is 289 g/mol. The van der Waals surface area contributed by atoms with Gasteiger partial charge in [0.15, 0.2) is 5.69 Å². The van der Waals surface area contributed by atoms with Gasteiger partial charge in [-0.1, -0.05) is 30.3 Å². The van der Waals surface area contributed by atoms with E-state index in [0.29, 0.717) is 5.92 Å². The van der Waals surface area contributed by atoms with Gasteiger partial charge in [0.2, 0.25) is 0 Å². The molecule has 0 unspecified atom stereocenters. The predicted octanol–water partition coefficient (Wildman–Crippen LogP) is 3.40. The largest absolute Gasteiger partial charge is 0.476 e. The Kier molecular flexibility index (Phi) is 3.80. The van der Waals surface area contributed by atoms with Crippen LogP contribution in [0.2, 0.25) is 0 Å². The summed E-state index contributed by atoms with van der Waals surface area (Å²) in [6.07, 6.45) is 1.83. The monoisotopic (exact) mass is 289 g/mol. The van der Waals surface area contributed by atoms with Crippen LogP contribution >= 0.6 is 11.3 Å². The van der Waals surface area contributed by atoms with E-state index < -0.39 is 5.97 Å². The zero-order valence-corrected chi connectivity index (χ0v) is 11.7. The highest BCUT2D eigenvalue weighted by Crippen LogP contribution is 2.37. The third-order valence-corrected chi connectivity index (χ3v) is 4.72. The fourth-order valence-electron chi connectivity index (χ4n) is 2.39. The number of aromatic carboxylic acids is 1. The van der Waals surface area contributed by atoms with Gasteiger partial charge in [-0.2, -0.15) is 0 Å². The molecular weight excluding hydrogens is 274 g/mol. The number of carboxylic acid groups (broad SMARTS) is 1. The molecule has 0 bridgehead atoms. The molecule has 1 fully saturated rings. The van der Waals surface area contributed by atoms with Crippen molar-refractivity contribution in [3.63, 3.8) is 0 Å². The second kappa shape index (κ2) is 5.73. The van der Waals surface area contributed by atoms with Gasteiger partial charge in [0.1, 0.15) is 0 Å². The minimum Gasteiger partial charge on any atom is -0.476 e. The summed E-state index contributed by atoms with van der Waals surface area (Å²) in [4.78, 5) is 16.5. The fourth-order valence-corrected chi connectivity index (χ4v) is 3.62. The van der Waals surface area contributed by atoms with Crippen LogP contribution in [0.15, 0.2) is 30.3 Å². The summed E-state index contributed by atoms with van der Waals surface area (Å²) in [7, 11) is 0. The normalized spacial score (nSPS) is 16.2. The zero-order chi connectivity index (χ0) is 13.9. The molecule has 104 valence electrons. The Morgan fingerprint density at radius 2 is 1.95 bits per heavy atom. The van der Waals surface area contributed by atoms with E-state index in [1.807, 2.05) is 30.3 Å². The molecular formula is C15H15NO3S. The maximum absolute atomic E-state index is 11.4. The van der Waals surface area contributed by atoms with Gasteiger partial charge in [-0.05, 0) is 18.4 Å². The van der Waals surface area contributed by atoms with Gasteiger partial charge in [-0.3, -0.25) is 0 Å². The highest BCUT2D eigenvalue weighted by Gasteiger charge is 2.24. The van der Waals surface area contributed by atoms with Gasteiger partial charge in [0.05, 0.1) is 9.88 Å². The molecule has 5 heteroatoms. The Hall–Kier alpha value is -1.72. The molecule has 1 saturated heterocycles. The molecule has 0 saturated carbocycles. The van der Waals surface area contributed by atoms with Gasteiger partial charge < -0.3 is 9.84 Å². The quantitative estimate of drug-likeness (QED) is 0.940. The number of ether oxygens (including phenoxy) is 1. The Labute approximate surface area is 121 Å². The lowest BCUT2D eigenvalue weighted by atomic mass is 10.0. The second-order valence-corrected chi connectivity index (χ2v) is 5.82. The van der Waals surface area contributed by atoms with Gasteiger partial charge in [0.25, 0.3) is 0 Å². The summed E-state index contributed by atoms with van der Waals surface area (Å²) >= 11 is 1.50. The van der Waals surface area contributed by atoms with Crippen LogP contribution in [-0.2, 0) is 4.74 Å². The molecule has 0 radical (unpaired) electrons. The number of benzene rings is 1. The van der Waals surface area contributed by atoms with E-state index in [1.165, 1.54) is 11.3 Å². The lowest BCUT2D eigenvalue weighted by Crippen LogP contribution is -2.14. The number of aromatic nitrogens is 1. The SMILES string of the molecule is O=C(O)c1nc(C2CCOCC2)sc1-c1ccccc1. The third-order valence-electron chi connectivity index (χ3n) is 3.45. The maximum Gasteiger partial charge on any atom is 0.356 e. The van der Waals surface area contributed by atoms with Gasteiger partial charge >= 0.3 is 5.97 Å². The molecule has 1 aromatic carbocycles. The van der Waals surface area contributed by atoms with Gasteiger partial charge in [0, 0.05) is 19.1 Å². The number of nitrogens with zero attached hydrogens (tertiary/aromatic N) is 1. The van der Waals surface area contributed by atoms with Crippen molar-refractivity contribution in [3.05, 3.63) is 41.0 Å². The molecule has 1 N–H and O–H groups in total. The molecule has 0 atom stereocenters. The van der Waals surface area contributed by atoms with Crippen LogP contribution in [0.5, 0.6) is 0 Å². The molecule has 1 aromatic heterocycles. The van der Waals surface area contributed by atoms with E-state index in [2.05, 4.69) is 4.98 Å². The van der Waals surface area contributed by atoms with Crippen molar-refractivity contribution in [1.29, 1.82) is 0 Å². The van der Waals surface area contributed by atoms with Crippen molar-refractivity contribution in [2.45, 2.75) is 18.8 Å². The lowest BCUT2D eigenvalue weighted by molar-refractivity contribution is 0.0691. The molecule has 20 heavy (non-hydrogen) atoms. The summed E-state index contributed by atoms with van der Waals surface area (Å²) < 4.78 is 5.35. The second-order valence-electron chi connectivity index (χ2n) is 4.79. The Balaban J connectivity index is 2.00. The van der Waals surface area contributed by atoms with Crippen molar-refractivity contribution in [2.24, 2.45) is 0 Å². The van der Waals surface area contributed by atoms with E-state index >= 15 is 0 Å². The minimum atomic E-state index is -0.960. The first kappa shape index (κ1) is 13.3. The van der Waals surface area contributed by atoms with Crippen LogP contribution in [0.25, 0.3) is 10.4 Å². The van der Waals surface area contributed by atoms with Crippen LogP contribution in [0, 0.1) is 0 Å². The number of hydrogen-bond donors (Lipinski definition) is 1. The van der Waals surface area contributed by atoms with Crippen LogP contribution in [0.3, 0.4) is 0 Å². The summed E-state index contributed by atoms with van der Waals surface area (Å²) in [5.74, 6) is -0.636. The van der Waals surface area contributed by atoms with E-state index in [1.54, 1.807) is 0 Å². The predicted molar refractivity (Wildman–Crippen MR) is 77.3 cm³/mol.